The molecule has 2 amide bonds. The van der Waals surface area contributed by atoms with Crippen molar-refractivity contribution < 1.29 is 14.3 Å². The van der Waals surface area contributed by atoms with E-state index in [-0.39, 0.29) is 18.5 Å². The van der Waals surface area contributed by atoms with Crippen LogP contribution in [0.15, 0.2) is 30.3 Å². The number of esters is 1. The molecule has 0 saturated carbocycles. The summed E-state index contributed by atoms with van der Waals surface area (Å²) in [5.74, 6) is -0.489. The Labute approximate surface area is 118 Å². The molecular formula is C14H21N3O3. The fourth-order valence-corrected chi connectivity index (χ4v) is 1.55. The van der Waals surface area contributed by atoms with Gasteiger partial charge in [-0.3, -0.25) is 4.79 Å². The zero-order chi connectivity index (χ0) is 14.8. The highest BCUT2D eigenvalue weighted by atomic mass is 16.5. The maximum atomic E-state index is 11.7. The van der Waals surface area contributed by atoms with Crippen LogP contribution < -0.4 is 16.4 Å². The summed E-state index contributed by atoms with van der Waals surface area (Å²) in [5, 5.41) is 5.50. The van der Waals surface area contributed by atoms with Gasteiger partial charge in [0.25, 0.3) is 0 Å². The summed E-state index contributed by atoms with van der Waals surface area (Å²) in [6.45, 7) is 3.56. The average molecular weight is 279 g/mol. The van der Waals surface area contributed by atoms with Crippen molar-refractivity contribution in [1.82, 2.24) is 10.6 Å². The molecule has 1 rings (SSSR count). The summed E-state index contributed by atoms with van der Waals surface area (Å²) >= 11 is 0. The largest absolute Gasteiger partial charge is 0.461 e. The zero-order valence-corrected chi connectivity index (χ0v) is 11.6. The fourth-order valence-electron chi connectivity index (χ4n) is 1.55. The van der Waals surface area contributed by atoms with E-state index in [9.17, 15) is 9.59 Å². The molecule has 0 aliphatic carbocycles. The number of nitrogens with two attached hydrogens (primary N) is 1. The van der Waals surface area contributed by atoms with E-state index in [0.717, 1.165) is 5.56 Å². The lowest BCUT2D eigenvalue weighted by Crippen LogP contribution is -2.37. The molecule has 0 saturated heterocycles. The Hall–Kier alpha value is -2.08. The van der Waals surface area contributed by atoms with Crippen molar-refractivity contribution in [3.8, 4) is 0 Å². The van der Waals surface area contributed by atoms with E-state index in [1.807, 2.05) is 30.3 Å². The van der Waals surface area contributed by atoms with Gasteiger partial charge in [-0.05, 0) is 5.56 Å². The van der Waals surface area contributed by atoms with Crippen molar-refractivity contribution in [3.63, 3.8) is 0 Å². The summed E-state index contributed by atoms with van der Waals surface area (Å²) in [4.78, 5) is 22.2. The Morgan fingerprint density at radius 1 is 1.25 bits per heavy atom. The molecule has 0 radical (unpaired) electrons. The molecule has 0 aliphatic rings. The number of primary amides is 1. The molecule has 6 heteroatoms. The second-order valence-corrected chi connectivity index (χ2v) is 4.49. The quantitative estimate of drug-likeness (QED) is 0.480. The highest BCUT2D eigenvalue weighted by Gasteiger charge is 2.13. The molecular weight excluding hydrogens is 258 g/mol. The van der Waals surface area contributed by atoms with Gasteiger partial charge >= 0.3 is 12.0 Å². The standard InChI is InChI=1S/C14H21N3O3/c1-11(9-16-7-8-17-14(15)19)13(18)20-10-12-5-3-2-4-6-12/h2-6,11,16H,7-10H2,1H3,(H3,15,17,19). The van der Waals surface area contributed by atoms with Gasteiger partial charge in [-0.25, -0.2) is 4.79 Å². The Balaban J connectivity index is 2.14. The molecule has 6 nitrogen and oxygen atoms in total. The number of amides is 2. The Morgan fingerprint density at radius 2 is 1.95 bits per heavy atom. The highest BCUT2D eigenvalue weighted by Crippen LogP contribution is 2.04. The number of ether oxygens (including phenoxy) is 1. The minimum atomic E-state index is -0.554. The summed E-state index contributed by atoms with van der Waals surface area (Å²) in [6, 6.07) is 8.98. The van der Waals surface area contributed by atoms with E-state index < -0.39 is 6.03 Å². The molecule has 4 N–H and O–H groups in total. The van der Waals surface area contributed by atoms with Crippen LogP contribution in [0.3, 0.4) is 0 Å². The molecule has 1 unspecified atom stereocenters. The van der Waals surface area contributed by atoms with E-state index in [0.29, 0.717) is 19.6 Å². The topological polar surface area (TPSA) is 93.5 Å². The predicted octanol–water partition coefficient (Wildman–Crippen LogP) is 0.624. The molecule has 1 atom stereocenters. The zero-order valence-electron chi connectivity index (χ0n) is 11.6. The van der Waals surface area contributed by atoms with Crippen LogP contribution in [0.5, 0.6) is 0 Å². The molecule has 0 heterocycles. The van der Waals surface area contributed by atoms with Crippen LogP contribution in [0.1, 0.15) is 12.5 Å². The predicted molar refractivity (Wildman–Crippen MR) is 75.9 cm³/mol. The van der Waals surface area contributed by atoms with Gasteiger partial charge in [0.1, 0.15) is 6.61 Å². The molecule has 1 aromatic rings. The first kappa shape index (κ1) is 16.0. The second-order valence-electron chi connectivity index (χ2n) is 4.49. The van der Waals surface area contributed by atoms with Gasteiger partial charge in [-0.15, -0.1) is 0 Å². The molecule has 1 aromatic carbocycles. The molecule has 0 bridgehead atoms. The smallest absolute Gasteiger partial charge is 0.312 e. The normalized spacial score (nSPS) is 11.7. The third-order valence-electron chi connectivity index (χ3n) is 2.68. The van der Waals surface area contributed by atoms with Gasteiger partial charge in [0, 0.05) is 19.6 Å². The van der Waals surface area contributed by atoms with Crippen LogP contribution in [-0.4, -0.2) is 31.6 Å². The number of hydrogen-bond donors (Lipinski definition) is 3. The number of carbonyl (C=O) groups is 2. The minimum Gasteiger partial charge on any atom is -0.461 e. The van der Waals surface area contributed by atoms with Crippen molar-refractivity contribution in [1.29, 1.82) is 0 Å². The minimum absolute atomic E-state index is 0.243. The molecule has 0 spiro atoms. The van der Waals surface area contributed by atoms with Crippen LogP contribution in [0.25, 0.3) is 0 Å². The average Bonchev–Trinajstić information content (AvgIpc) is 2.45. The number of nitrogens with one attached hydrogen (secondary N) is 2. The summed E-state index contributed by atoms with van der Waals surface area (Å²) in [6.07, 6.45) is 0. The number of urea groups is 1. The van der Waals surface area contributed by atoms with Gasteiger partial charge < -0.3 is 21.1 Å². The monoisotopic (exact) mass is 279 g/mol. The number of hydrogen-bond acceptors (Lipinski definition) is 4. The molecule has 110 valence electrons. The van der Waals surface area contributed by atoms with Crippen molar-refractivity contribution in [2.75, 3.05) is 19.6 Å². The van der Waals surface area contributed by atoms with Gasteiger partial charge in [0.2, 0.25) is 0 Å². The fraction of sp³-hybridized carbons (Fsp3) is 0.429. The van der Waals surface area contributed by atoms with Crippen LogP contribution in [0, 0.1) is 5.92 Å². The third-order valence-corrected chi connectivity index (χ3v) is 2.68. The van der Waals surface area contributed by atoms with E-state index in [4.69, 9.17) is 10.5 Å². The van der Waals surface area contributed by atoms with Crippen molar-refractivity contribution in [3.05, 3.63) is 35.9 Å². The van der Waals surface area contributed by atoms with Gasteiger partial charge in [0.05, 0.1) is 5.92 Å². The van der Waals surface area contributed by atoms with Crippen LogP contribution in [-0.2, 0) is 16.1 Å². The number of carbonyl (C=O) groups excluding carboxylic acids is 2. The first-order valence-corrected chi connectivity index (χ1v) is 6.54. The van der Waals surface area contributed by atoms with E-state index >= 15 is 0 Å². The first-order chi connectivity index (χ1) is 9.59. The second kappa shape index (κ2) is 8.92. The molecule has 20 heavy (non-hydrogen) atoms. The van der Waals surface area contributed by atoms with Gasteiger partial charge in [-0.1, -0.05) is 37.3 Å². The maximum Gasteiger partial charge on any atom is 0.312 e. The lowest BCUT2D eigenvalue weighted by Gasteiger charge is -2.12. The summed E-state index contributed by atoms with van der Waals surface area (Å²) in [7, 11) is 0. The molecule has 0 aliphatic heterocycles. The van der Waals surface area contributed by atoms with Crippen molar-refractivity contribution in [2.24, 2.45) is 11.7 Å². The Morgan fingerprint density at radius 3 is 2.60 bits per heavy atom. The first-order valence-electron chi connectivity index (χ1n) is 6.54. The summed E-state index contributed by atoms with van der Waals surface area (Å²) in [5.41, 5.74) is 5.89. The Bertz CT molecular complexity index is 423. The number of benzene rings is 1. The van der Waals surface area contributed by atoms with Gasteiger partial charge in [0.15, 0.2) is 0 Å². The summed E-state index contributed by atoms with van der Waals surface area (Å²) < 4.78 is 5.22. The lowest BCUT2D eigenvalue weighted by atomic mass is 10.2. The van der Waals surface area contributed by atoms with Gasteiger partial charge in [-0.2, -0.15) is 0 Å². The van der Waals surface area contributed by atoms with E-state index in [1.54, 1.807) is 6.92 Å². The van der Waals surface area contributed by atoms with E-state index in [1.165, 1.54) is 0 Å². The molecule has 0 aromatic heterocycles. The van der Waals surface area contributed by atoms with Crippen molar-refractivity contribution >= 4 is 12.0 Å². The Kier molecular flexibility index (Phi) is 7.13. The van der Waals surface area contributed by atoms with Crippen LogP contribution in [0.2, 0.25) is 0 Å². The highest BCUT2D eigenvalue weighted by molar-refractivity contribution is 5.72. The molecule has 0 fully saturated rings. The maximum absolute atomic E-state index is 11.7. The van der Waals surface area contributed by atoms with Crippen molar-refractivity contribution in [2.45, 2.75) is 13.5 Å². The van der Waals surface area contributed by atoms with Crippen LogP contribution in [0.4, 0.5) is 4.79 Å². The van der Waals surface area contributed by atoms with E-state index in [2.05, 4.69) is 10.6 Å². The lowest BCUT2D eigenvalue weighted by molar-refractivity contribution is -0.149. The number of rotatable bonds is 8. The SMILES string of the molecule is CC(CNCCNC(N)=O)C(=O)OCc1ccccc1. The van der Waals surface area contributed by atoms with Crippen LogP contribution >= 0.6 is 0 Å². The third kappa shape index (κ3) is 6.75.